The van der Waals surface area contributed by atoms with Gasteiger partial charge in [0, 0.05) is 35.6 Å². The summed E-state index contributed by atoms with van der Waals surface area (Å²) in [6, 6.07) is 14.9. The molecular formula is C25H28N4O2S. The van der Waals surface area contributed by atoms with Crippen molar-refractivity contribution in [2.75, 3.05) is 11.6 Å². The van der Waals surface area contributed by atoms with Gasteiger partial charge in [-0.2, -0.15) is 0 Å². The van der Waals surface area contributed by atoms with Crippen molar-refractivity contribution in [2.24, 2.45) is 0 Å². The normalized spacial score (nSPS) is 10.6. The lowest BCUT2D eigenvalue weighted by molar-refractivity contribution is -0.121. The van der Waals surface area contributed by atoms with Crippen LogP contribution in [0.5, 0.6) is 0 Å². The maximum absolute atomic E-state index is 12.4. The first-order chi connectivity index (χ1) is 15.4. The number of benzene rings is 2. The summed E-state index contributed by atoms with van der Waals surface area (Å²) in [4.78, 5) is 33.7. The Morgan fingerprint density at radius 2 is 1.66 bits per heavy atom. The van der Waals surface area contributed by atoms with Crippen LogP contribution < -0.4 is 10.6 Å². The molecule has 0 aliphatic heterocycles. The molecule has 2 aromatic carbocycles. The zero-order valence-electron chi connectivity index (χ0n) is 18.9. The maximum atomic E-state index is 12.4. The summed E-state index contributed by atoms with van der Waals surface area (Å²) in [6.07, 6.45) is 2.92. The number of anilines is 1. The third-order valence-corrected chi connectivity index (χ3v) is 5.72. The zero-order chi connectivity index (χ0) is 23.1. The predicted molar refractivity (Wildman–Crippen MR) is 129 cm³/mol. The number of amides is 2. The molecule has 0 spiro atoms. The molecule has 6 nitrogen and oxygen atoms in total. The molecule has 0 aliphatic carbocycles. The van der Waals surface area contributed by atoms with E-state index in [1.54, 1.807) is 12.1 Å². The molecule has 0 fully saturated rings. The van der Waals surface area contributed by atoms with Crippen LogP contribution in [0.1, 0.15) is 44.9 Å². The molecule has 0 unspecified atom stereocenters. The number of nitrogens with one attached hydrogen (secondary N) is 2. The van der Waals surface area contributed by atoms with Gasteiger partial charge in [0.1, 0.15) is 0 Å². The minimum absolute atomic E-state index is 0.0353. The van der Waals surface area contributed by atoms with Gasteiger partial charge in [-0.15, -0.1) is 0 Å². The van der Waals surface area contributed by atoms with Gasteiger partial charge in [-0.25, -0.2) is 9.97 Å². The van der Waals surface area contributed by atoms with Gasteiger partial charge in [-0.05, 0) is 68.8 Å². The molecule has 2 N–H and O–H groups in total. The van der Waals surface area contributed by atoms with Crippen molar-refractivity contribution < 1.29 is 9.59 Å². The van der Waals surface area contributed by atoms with Gasteiger partial charge in [0.05, 0.1) is 0 Å². The minimum atomic E-state index is -0.161. The lowest BCUT2D eigenvalue weighted by Gasteiger charge is -2.11. The highest BCUT2D eigenvalue weighted by Gasteiger charge is 2.11. The summed E-state index contributed by atoms with van der Waals surface area (Å²) >= 11 is 1.51. The van der Waals surface area contributed by atoms with Gasteiger partial charge in [0.15, 0.2) is 5.16 Å². The average molecular weight is 449 g/mol. The fraction of sp³-hybridized carbons (Fsp3) is 0.280. The topological polar surface area (TPSA) is 84.0 Å². The number of nitrogens with zero attached hydrogens (tertiary/aromatic N) is 2. The summed E-state index contributed by atoms with van der Waals surface area (Å²) in [5.74, 6) is -0.196. The number of hydrogen-bond donors (Lipinski definition) is 2. The number of carbonyl (C=O) groups excluding carboxylic acids is 2. The summed E-state index contributed by atoms with van der Waals surface area (Å²) in [6.45, 7) is 6.29. The Hall–Kier alpha value is -3.19. The maximum Gasteiger partial charge on any atom is 0.255 e. The molecule has 3 rings (SSSR count). The van der Waals surface area contributed by atoms with Crippen molar-refractivity contribution >= 4 is 29.3 Å². The molecule has 0 bridgehead atoms. The van der Waals surface area contributed by atoms with Crippen molar-refractivity contribution in [3.8, 4) is 0 Å². The number of aromatic nitrogens is 2. The highest BCUT2D eigenvalue weighted by Crippen LogP contribution is 2.17. The van der Waals surface area contributed by atoms with E-state index < -0.39 is 0 Å². The molecule has 0 aliphatic rings. The van der Waals surface area contributed by atoms with E-state index in [-0.39, 0.29) is 11.8 Å². The first-order valence-corrected chi connectivity index (χ1v) is 11.7. The number of thioether (sulfide) groups is 1. The lowest BCUT2D eigenvalue weighted by Crippen LogP contribution is -2.23. The molecule has 0 saturated heterocycles. The fourth-order valence-corrected chi connectivity index (χ4v) is 3.81. The number of carbonyl (C=O) groups is 2. The number of hydrogen-bond acceptors (Lipinski definition) is 5. The fourth-order valence-electron chi connectivity index (χ4n) is 3.36. The van der Waals surface area contributed by atoms with Crippen LogP contribution in [0.15, 0.2) is 53.7 Å². The van der Waals surface area contributed by atoms with Gasteiger partial charge in [-0.3, -0.25) is 9.59 Å². The molecule has 0 radical (unpaired) electrons. The average Bonchev–Trinajstić information content (AvgIpc) is 2.77. The van der Waals surface area contributed by atoms with Gasteiger partial charge in [-0.1, -0.05) is 41.6 Å². The largest absolute Gasteiger partial charge is 0.352 e. The smallest absolute Gasteiger partial charge is 0.255 e. The SMILES string of the molecule is CSc1nc(C)c(CCC(=O)NCc2cccc(NC(=O)c3ccc(C)cc3)c2)c(C)n1. The molecule has 0 atom stereocenters. The van der Waals surface area contributed by atoms with E-state index in [4.69, 9.17) is 0 Å². The highest BCUT2D eigenvalue weighted by atomic mass is 32.2. The van der Waals surface area contributed by atoms with E-state index in [9.17, 15) is 9.59 Å². The van der Waals surface area contributed by atoms with Crippen molar-refractivity contribution in [1.82, 2.24) is 15.3 Å². The summed E-state index contributed by atoms with van der Waals surface area (Å²) < 4.78 is 0. The quantitative estimate of drug-likeness (QED) is 0.388. The van der Waals surface area contributed by atoms with E-state index in [1.807, 2.05) is 63.4 Å². The lowest BCUT2D eigenvalue weighted by atomic mass is 10.1. The number of rotatable bonds is 8. The number of aryl methyl sites for hydroxylation is 3. The van der Waals surface area contributed by atoms with E-state index in [2.05, 4.69) is 20.6 Å². The molecule has 1 aromatic heterocycles. The van der Waals surface area contributed by atoms with Gasteiger partial charge >= 0.3 is 0 Å². The molecule has 2 amide bonds. The molecule has 166 valence electrons. The Kier molecular flexibility index (Phi) is 8.00. The highest BCUT2D eigenvalue weighted by molar-refractivity contribution is 7.98. The van der Waals surface area contributed by atoms with E-state index in [0.29, 0.717) is 30.6 Å². The van der Waals surface area contributed by atoms with Crippen molar-refractivity contribution in [3.05, 3.63) is 82.2 Å². The van der Waals surface area contributed by atoms with Crippen molar-refractivity contribution in [1.29, 1.82) is 0 Å². The Balaban J connectivity index is 1.53. The third kappa shape index (κ3) is 6.40. The monoisotopic (exact) mass is 448 g/mol. The second-order valence-electron chi connectivity index (χ2n) is 7.66. The van der Waals surface area contributed by atoms with Crippen molar-refractivity contribution in [3.63, 3.8) is 0 Å². The van der Waals surface area contributed by atoms with E-state index in [0.717, 1.165) is 33.2 Å². The second-order valence-corrected chi connectivity index (χ2v) is 8.43. The molecule has 32 heavy (non-hydrogen) atoms. The molecule has 1 heterocycles. The molecule has 7 heteroatoms. The predicted octanol–water partition coefficient (Wildman–Crippen LogP) is 4.63. The molecule has 0 saturated carbocycles. The van der Waals surface area contributed by atoms with Crippen LogP contribution in [-0.4, -0.2) is 28.0 Å². The Morgan fingerprint density at radius 1 is 0.969 bits per heavy atom. The van der Waals surface area contributed by atoms with Crippen LogP contribution in [-0.2, 0) is 17.8 Å². The summed E-state index contributed by atoms with van der Waals surface area (Å²) in [5.41, 5.74) is 6.19. The van der Waals surface area contributed by atoms with Crippen LogP contribution in [0.2, 0.25) is 0 Å². The minimum Gasteiger partial charge on any atom is -0.352 e. The zero-order valence-corrected chi connectivity index (χ0v) is 19.7. The Labute approximate surface area is 193 Å². The first-order valence-electron chi connectivity index (χ1n) is 10.5. The van der Waals surface area contributed by atoms with Crippen LogP contribution in [0.25, 0.3) is 0 Å². The summed E-state index contributed by atoms with van der Waals surface area (Å²) in [5, 5.41) is 6.61. The van der Waals surface area contributed by atoms with Crippen LogP contribution in [0.3, 0.4) is 0 Å². The van der Waals surface area contributed by atoms with Crippen molar-refractivity contribution in [2.45, 2.75) is 45.3 Å². The van der Waals surface area contributed by atoms with E-state index >= 15 is 0 Å². The third-order valence-electron chi connectivity index (χ3n) is 5.17. The first kappa shape index (κ1) is 23.5. The molecular weight excluding hydrogens is 420 g/mol. The molecule has 3 aromatic rings. The van der Waals surface area contributed by atoms with Crippen LogP contribution in [0, 0.1) is 20.8 Å². The Bertz CT molecular complexity index is 1090. The Morgan fingerprint density at radius 3 is 2.31 bits per heavy atom. The second kappa shape index (κ2) is 10.9. The standard InChI is InChI=1S/C25H28N4O2S/c1-16-8-10-20(11-9-16)24(31)29-21-7-5-6-19(14-21)15-26-23(30)13-12-22-17(2)27-25(32-4)28-18(22)3/h5-11,14H,12-13,15H2,1-4H3,(H,26,30)(H,29,31). The van der Waals surface area contributed by atoms with Crippen LogP contribution >= 0.6 is 11.8 Å². The van der Waals surface area contributed by atoms with Gasteiger partial charge < -0.3 is 10.6 Å². The van der Waals surface area contributed by atoms with Gasteiger partial charge in [0.25, 0.3) is 5.91 Å². The van der Waals surface area contributed by atoms with Gasteiger partial charge in [0.2, 0.25) is 5.91 Å². The summed E-state index contributed by atoms with van der Waals surface area (Å²) in [7, 11) is 0. The van der Waals surface area contributed by atoms with Crippen LogP contribution in [0.4, 0.5) is 5.69 Å². The van der Waals surface area contributed by atoms with E-state index in [1.165, 1.54) is 11.8 Å².